The van der Waals surface area contributed by atoms with Crippen LogP contribution in [0, 0.1) is 5.92 Å². The Kier molecular flexibility index (Phi) is 11.2. The van der Waals surface area contributed by atoms with Crippen LogP contribution in [0.4, 0.5) is 5.13 Å². The number of aromatic nitrogens is 2. The van der Waals surface area contributed by atoms with Crippen molar-refractivity contribution in [2.75, 3.05) is 19.0 Å². The third-order valence-electron chi connectivity index (χ3n) is 12.4. The molecule has 13 nitrogen and oxygen atoms in total. The lowest BCUT2D eigenvalue weighted by Crippen LogP contribution is -2.58. The van der Waals surface area contributed by atoms with Crippen molar-refractivity contribution in [3.63, 3.8) is 0 Å². The fourth-order valence-corrected chi connectivity index (χ4v) is 10.4. The van der Waals surface area contributed by atoms with E-state index < -0.39 is 56.2 Å². The van der Waals surface area contributed by atoms with Crippen LogP contribution in [-0.2, 0) is 29.8 Å². The third-order valence-corrected chi connectivity index (χ3v) is 15.3. The molecule has 3 amide bonds. The molecule has 3 fully saturated rings. The maximum Gasteiger partial charge on any atom is 0.259 e. The zero-order valence-electron chi connectivity index (χ0n) is 34.8. The fourth-order valence-electron chi connectivity index (χ4n) is 8.12. The van der Waals surface area contributed by atoms with Gasteiger partial charge in [-0.25, -0.2) is 18.4 Å². The highest BCUT2D eigenvalue weighted by atomic mass is 32.2. The number of fused-ring (bicyclic) bond motifs is 3. The van der Waals surface area contributed by atoms with E-state index in [4.69, 9.17) is 19.4 Å². The first-order chi connectivity index (χ1) is 28.6. The Morgan fingerprint density at radius 1 is 1.03 bits per heavy atom. The standard InChI is InChI=1S/C45H54N6O7S2/c1-43(2,3)38-27-59-42(48-38)47-33-17-13-8-6-7-12-16-29-25-45(29,41(54)50-60(55,56)44(4)20-21-44)49-39(52)36-23-31(26-51(36)40(33)53)58-37-24-34(28-14-10-9-11-15-28)46-35-22-30(57-5)18-19-32(35)37/h9-12,14-16,18-19,22,24,27,29,31,33,36H,6-8,13,17,20-21,23,25-26H2,1-5H3,(H,47,48)(H,49,52)(H,50,54)/b16-12-/t29-,31-,33+,36+,45-/m1/s1. The maximum atomic E-state index is 15.0. The highest BCUT2D eigenvalue weighted by Gasteiger charge is 2.63. The van der Waals surface area contributed by atoms with Crippen LogP contribution in [0.5, 0.6) is 11.5 Å². The largest absolute Gasteiger partial charge is 0.497 e. The Morgan fingerprint density at radius 3 is 2.53 bits per heavy atom. The lowest BCUT2D eigenvalue weighted by Gasteiger charge is -2.30. The van der Waals surface area contributed by atoms with E-state index in [-0.39, 0.29) is 30.7 Å². The monoisotopic (exact) mass is 854 g/mol. The van der Waals surface area contributed by atoms with Crippen molar-refractivity contribution in [2.45, 2.75) is 119 Å². The topological polar surface area (TPSA) is 169 Å². The molecule has 0 spiro atoms. The minimum absolute atomic E-state index is 0.0934. The van der Waals surface area contributed by atoms with Crippen LogP contribution in [0.3, 0.4) is 0 Å². The van der Waals surface area contributed by atoms with Crippen LogP contribution in [-0.4, -0.2) is 83.1 Å². The molecule has 4 heterocycles. The number of carbonyl (C=O) groups is 3. The SMILES string of the molecule is COc1ccc2c(O[C@@H]3C[C@H]4C(=O)N[C@]5(C(=O)NS(=O)(=O)C6(C)CC6)C[C@H]5/C=C\CCCCC[C@H](Nc5nc(C(C)(C)C)cs5)C(=O)N4C3)cc(-c3ccccc3)nc2c1. The molecule has 5 atom stereocenters. The number of nitrogens with one attached hydrogen (secondary N) is 3. The molecule has 4 aromatic rings. The molecule has 15 heteroatoms. The Morgan fingerprint density at radius 2 is 1.82 bits per heavy atom. The minimum Gasteiger partial charge on any atom is -0.497 e. The molecule has 2 saturated carbocycles. The van der Waals surface area contributed by atoms with Crippen LogP contribution in [0.15, 0.2) is 72.1 Å². The number of hydrogen-bond donors (Lipinski definition) is 3. The van der Waals surface area contributed by atoms with Crippen LogP contribution >= 0.6 is 11.3 Å². The van der Waals surface area contributed by atoms with E-state index in [1.807, 2.05) is 72.1 Å². The summed E-state index contributed by atoms with van der Waals surface area (Å²) in [6.07, 6.45) is 8.37. The number of anilines is 1. The zero-order chi connectivity index (χ0) is 42.5. The van der Waals surface area contributed by atoms with Crippen LogP contribution in [0.1, 0.15) is 91.2 Å². The normalized spacial score (nSPS) is 26.1. The summed E-state index contributed by atoms with van der Waals surface area (Å²) in [6, 6.07) is 15.5. The van der Waals surface area contributed by atoms with Gasteiger partial charge in [0.2, 0.25) is 21.8 Å². The molecule has 4 aliphatic rings. The van der Waals surface area contributed by atoms with Gasteiger partial charge in [-0.1, -0.05) is 76.1 Å². The smallest absolute Gasteiger partial charge is 0.259 e. The number of thiazole rings is 1. The molecule has 8 rings (SSSR count). The first kappa shape index (κ1) is 41.7. The molecular formula is C45H54N6O7S2. The second-order valence-electron chi connectivity index (χ2n) is 17.9. The van der Waals surface area contributed by atoms with Gasteiger partial charge in [-0.15, -0.1) is 11.3 Å². The predicted octanol–water partition coefficient (Wildman–Crippen LogP) is 6.89. The Bertz CT molecular complexity index is 2430. The summed E-state index contributed by atoms with van der Waals surface area (Å²) in [5.74, 6) is -0.792. The van der Waals surface area contributed by atoms with Crippen molar-refractivity contribution in [3.8, 4) is 22.8 Å². The van der Waals surface area contributed by atoms with Gasteiger partial charge in [-0.2, -0.15) is 0 Å². The first-order valence-corrected chi connectivity index (χ1v) is 23.2. The molecule has 2 aliphatic heterocycles. The maximum absolute atomic E-state index is 15.0. The number of methoxy groups -OCH3 is 1. The molecular weight excluding hydrogens is 801 g/mol. The van der Waals surface area contributed by atoms with Gasteiger partial charge in [-0.3, -0.25) is 19.1 Å². The summed E-state index contributed by atoms with van der Waals surface area (Å²) in [5.41, 5.74) is 1.49. The molecule has 1 saturated heterocycles. The van der Waals surface area contributed by atoms with Crippen molar-refractivity contribution in [2.24, 2.45) is 5.92 Å². The molecule has 0 unspecified atom stereocenters. The Hall–Kier alpha value is -5.02. The predicted molar refractivity (Wildman–Crippen MR) is 232 cm³/mol. The van der Waals surface area contributed by atoms with Crippen LogP contribution < -0.4 is 24.8 Å². The van der Waals surface area contributed by atoms with Gasteiger partial charge in [0.15, 0.2) is 5.13 Å². The van der Waals surface area contributed by atoms with E-state index in [1.54, 1.807) is 18.9 Å². The summed E-state index contributed by atoms with van der Waals surface area (Å²) >= 11 is 1.45. The third kappa shape index (κ3) is 8.47. The minimum atomic E-state index is -3.98. The van der Waals surface area contributed by atoms with Crippen LogP contribution in [0.2, 0.25) is 0 Å². The quantitative estimate of drug-likeness (QED) is 0.151. The van der Waals surface area contributed by atoms with E-state index in [1.165, 1.54) is 11.3 Å². The zero-order valence-corrected chi connectivity index (χ0v) is 36.5. The summed E-state index contributed by atoms with van der Waals surface area (Å²) in [7, 11) is -2.38. The molecule has 2 aromatic carbocycles. The number of allylic oxidation sites excluding steroid dienone is 1. The number of hydrogen-bond acceptors (Lipinski definition) is 11. The van der Waals surface area contributed by atoms with E-state index in [9.17, 15) is 22.8 Å². The van der Waals surface area contributed by atoms with E-state index in [2.05, 4.69) is 36.1 Å². The van der Waals surface area contributed by atoms with E-state index >= 15 is 0 Å². The molecule has 60 heavy (non-hydrogen) atoms. The van der Waals surface area contributed by atoms with Gasteiger partial charge in [0, 0.05) is 46.2 Å². The second-order valence-corrected chi connectivity index (χ2v) is 21.0. The van der Waals surface area contributed by atoms with Crippen molar-refractivity contribution >= 4 is 55.1 Å². The first-order valence-electron chi connectivity index (χ1n) is 20.9. The average molecular weight is 855 g/mol. The number of benzene rings is 2. The van der Waals surface area contributed by atoms with Gasteiger partial charge < -0.3 is 25.0 Å². The molecule has 2 aliphatic carbocycles. The summed E-state index contributed by atoms with van der Waals surface area (Å²) < 4.78 is 40.2. The fraction of sp³-hybridized carbons (Fsp3) is 0.489. The van der Waals surface area contributed by atoms with Gasteiger partial charge in [0.25, 0.3) is 5.91 Å². The van der Waals surface area contributed by atoms with Crippen molar-refractivity contribution in [1.82, 2.24) is 24.9 Å². The summed E-state index contributed by atoms with van der Waals surface area (Å²) in [6.45, 7) is 7.98. The van der Waals surface area contributed by atoms with Crippen molar-refractivity contribution in [3.05, 3.63) is 77.8 Å². The highest BCUT2D eigenvalue weighted by molar-refractivity contribution is 7.91. The Labute approximate surface area is 355 Å². The molecule has 318 valence electrons. The summed E-state index contributed by atoms with van der Waals surface area (Å²) in [4.78, 5) is 55.1. The second kappa shape index (κ2) is 16.1. The lowest BCUT2D eigenvalue weighted by atomic mass is 9.93. The molecule has 0 radical (unpaired) electrons. The number of pyridine rings is 1. The van der Waals surface area contributed by atoms with Crippen molar-refractivity contribution in [1.29, 1.82) is 0 Å². The number of amides is 3. The number of nitrogens with zero attached hydrogens (tertiary/aromatic N) is 3. The number of ether oxygens (including phenoxy) is 2. The number of rotatable bonds is 9. The number of carbonyl (C=O) groups excluding carboxylic acids is 3. The highest BCUT2D eigenvalue weighted by Crippen LogP contribution is 2.48. The summed E-state index contributed by atoms with van der Waals surface area (Å²) in [5, 5.41) is 9.79. The molecule has 2 aromatic heterocycles. The van der Waals surface area contributed by atoms with Crippen molar-refractivity contribution < 1.29 is 32.3 Å². The number of sulfonamides is 1. The van der Waals surface area contributed by atoms with Crippen LogP contribution in [0.25, 0.3) is 22.2 Å². The van der Waals surface area contributed by atoms with Gasteiger partial charge >= 0.3 is 0 Å². The van der Waals surface area contributed by atoms with Gasteiger partial charge in [0.05, 0.1) is 35.3 Å². The lowest BCUT2D eigenvalue weighted by molar-refractivity contribution is -0.140. The van der Waals surface area contributed by atoms with E-state index in [0.29, 0.717) is 47.1 Å². The molecule has 0 bridgehead atoms. The molecule has 3 N–H and O–H groups in total. The Balaban J connectivity index is 1.14. The van der Waals surface area contributed by atoms with Gasteiger partial charge in [0.1, 0.15) is 35.2 Å². The van der Waals surface area contributed by atoms with Gasteiger partial charge in [-0.05, 0) is 57.6 Å². The van der Waals surface area contributed by atoms with E-state index in [0.717, 1.165) is 42.3 Å². The average Bonchev–Trinajstić information content (AvgIpc) is 4.00.